The summed E-state index contributed by atoms with van der Waals surface area (Å²) in [4.78, 5) is 0. The van der Waals surface area contributed by atoms with Crippen molar-refractivity contribution in [1.29, 1.82) is 0 Å². The Balaban J connectivity index is 3.00. The summed E-state index contributed by atoms with van der Waals surface area (Å²) in [7, 11) is 3.18. The molecule has 1 aromatic rings. The molecule has 0 bridgehead atoms. The van der Waals surface area contributed by atoms with Gasteiger partial charge >= 0.3 is 0 Å². The summed E-state index contributed by atoms with van der Waals surface area (Å²) in [5, 5.41) is 6.23. The molecule has 0 aliphatic heterocycles. The van der Waals surface area contributed by atoms with E-state index in [1.54, 1.807) is 38.6 Å². The van der Waals surface area contributed by atoms with Crippen LogP contribution in [0.1, 0.15) is 5.56 Å². The van der Waals surface area contributed by atoms with Gasteiger partial charge in [-0.05, 0) is 18.2 Å². The highest BCUT2D eigenvalue weighted by molar-refractivity contribution is 5.80. The van der Waals surface area contributed by atoms with Crippen molar-refractivity contribution < 1.29 is 14.6 Å². The highest BCUT2D eigenvalue weighted by Crippen LogP contribution is 2.21. The minimum Gasteiger partial charge on any atom is -0.497 e. The maximum atomic E-state index is 5.17. The maximum Gasteiger partial charge on any atom is 0.256 e. The molecule has 1 aromatic carbocycles. The molecule has 0 atom stereocenters. The molecule has 0 saturated carbocycles. The van der Waals surface area contributed by atoms with Gasteiger partial charge in [0.1, 0.15) is 11.5 Å². The fourth-order valence-electron chi connectivity index (χ4n) is 1.13. The van der Waals surface area contributed by atoms with Crippen LogP contribution < -0.4 is 26.0 Å². The van der Waals surface area contributed by atoms with Crippen molar-refractivity contribution >= 4 is 12.2 Å². The predicted octanol–water partition coefficient (Wildman–Crippen LogP) is -1.61. The Morgan fingerprint density at radius 2 is 2.06 bits per heavy atom. The molecule has 0 spiro atoms. The van der Waals surface area contributed by atoms with Gasteiger partial charge in [-0.15, -0.1) is 5.10 Å². The van der Waals surface area contributed by atoms with E-state index in [0.29, 0.717) is 5.75 Å². The molecule has 0 radical (unpaired) electrons. The Bertz CT molecular complexity index is 411. The summed E-state index contributed by atoms with van der Waals surface area (Å²) in [5.74, 6) is 1.37. The van der Waals surface area contributed by atoms with E-state index in [9.17, 15) is 0 Å². The molecule has 16 heavy (non-hydrogen) atoms. The van der Waals surface area contributed by atoms with E-state index < -0.39 is 0 Å². The quantitative estimate of drug-likeness (QED) is 0.325. The molecule has 5 N–H and O–H groups in total. The number of guanidine groups is 1. The summed E-state index contributed by atoms with van der Waals surface area (Å²) in [6.45, 7) is 0. The molecular weight excluding hydrogens is 208 g/mol. The summed E-state index contributed by atoms with van der Waals surface area (Å²) in [6, 6.07) is 5.40. The largest absolute Gasteiger partial charge is 0.497 e. The van der Waals surface area contributed by atoms with Crippen LogP contribution in [0.25, 0.3) is 0 Å². The molecule has 0 heterocycles. The lowest BCUT2D eigenvalue weighted by Crippen LogP contribution is -2.63. The molecule has 0 amide bonds. The van der Waals surface area contributed by atoms with Crippen LogP contribution in [-0.2, 0) is 0 Å². The number of benzene rings is 1. The second kappa shape index (κ2) is 5.59. The third kappa shape index (κ3) is 3.16. The van der Waals surface area contributed by atoms with Crippen LogP contribution in [0.2, 0.25) is 0 Å². The first-order valence-electron chi connectivity index (χ1n) is 4.56. The van der Waals surface area contributed by atoms with Crippen molar-refractivity contribution in [3.8, 4) is 11.5 Å². The molecule has 1 rings (SSSR count). The van der Waals surface area contributed by atoms with Crippen molar-refractivity contribution in [2.45, 2.75) is 0 Å². The molecule has 86 valence electrons. The van der Waals surface area contributed by atoms with Crippen LogP contribution in [0, 0.1) is 0 Å². The van der Waals surface area contributed by atoms with E-state index in [-0.39, 0.29) is 5.96 Å². The average Bonchev–Trinajstić information content (AvgIpc) is 2.28. The minimum absolute atomic E-state index is 0.0434. The molecule has 0 fully saturated rings. The van der Waals surface area contributed by atoms with Crippen LogP contribution in [0.15, 0.2) is 23.3 Å². The van der Waals surface area contributed by atoms with Gasteiger partial charge in [-0.3, -0.25) is 0 Å². The first-order chi connectivity index (χ1) is 7.67. The number of hydrogen-bond acceptors (Lipinski definition) is 3. The zero-order valence-corrected chi connectivity index (χ0v) is 9.23. The lowest BCUT2D eigenvalue weighted by atomic mass is 10.2. The van der Waals surface area contributed by atoms with Crippen LogP contribution in [0.5, 0.6) is 11.5 Å². The van der Waals surface area contributed by atoms with Crippen LogP contribution in [-0.4, -0.2) is 26.4 Å². The molecule has 6 heteroatoms. The summed E-state index contributed by atoms with van der Waals surface area (Å²) in [5.41, 5.74) is 11.1. The number of hydrazone groups is 1. The lowest BCUT2D eigenvalue weighted by Gasteiger charge is -2.04. The Labute approximate surface area is 93.6 Å². The highest BCUT2D eigenvalue weighted by atomic mass is 16.5. The Kier molecular flexibility index (Phi) is 4.14. The fourth-order valence-corrected chi connectivity index (χ4v) is 1.13. The van der Waals surface area contributed by atoms with Gasteiger partial charge in [-0.1, -0.05) is 0 Å². The standard InChI is InChI=1S/C10H14N4O2/c1-15-8-3-4-9(16-2)7(5-8)6-13-14-10(11)12/h3-6H,1-2H3,(H4,11,12,14)/p+1. The third-order valence-electron chi connectivity index (χ3n) is 1.85. The molecule has 0 saturated heterocycles. The molecule has 6 nitrogen and oxygen atoms in total. The monoisotopic (exact) mass is 223 g/mol. The zero-order chi connectivity index (χ0) is 12.0. The van der Waals surface area contributed by atoms with Gasteiger partial charge in [0.05, 0.1) is 19.8 Å². The molecule has 0 unspecified atom stereocenters. The summed E-state index contributed by atoms with van der Waals surface area (Å²) < 4.78 is 10.3. The molecular formula is C10H15N4O2+. The zero-order valence-electron chi connectivity index (χ0n) is 9.23. The maximum absolute atomic E-state index is 5.17. The first kappa shape index (κ1) is 11.8. The van der Waals surface area contributed by atoms with Crippen LogP contribution >= 0.6 is 0 Å². The number of methoxy groups -OCH3 is 2. The summed E-state index contributed by atoms with van der Waals surface area (Å²) in [6.07, 6.45) is 1.61. The number of rotatable bonds is 4. The van der Waals surface area contributed by atoms with E-state index in [1.165, 1.54) is 0 Å². The predicted molar refractivity (Wildman–Crippen MR) is 61.5 cm³/mol. The number of ether oxygens (including phenoxy) is 2. The van der Waals surface area contributed by atoms with Gasteiger partial charge in [-0.2, -0.15) is 0 Å². The van der Waals surface area contributed by atoms with E-state index in [2.05, 4.69) is 10.2 Å². The number of nitrogens with two attached hydrogens (primary N) is 2. The van der Waals surface area contributed by atoms with Crippen LogP contribution in [0.3, 0.4) is 0 Å². The first-order valence-corrected chi connectivity index (χ1v) is 4.56. The van der Waals surface area contributed by atoms with Crippen LogP contribution in [0.4, 0.5) is 0 Å². The van der Waals surface area contributed by atoms with Crippen molar-refractivity contribution in [3.05, 3.63) is 23.8 Å². The van der Waals surface area contributed by atoms with Crippen molar-refractivity contribution in [3.63, 3.8) is 0 Å². The van der Waals surface area contributed by atoms with E-state index in [1.807, 2.05) is 0 Å². The second-order valence-corrected chi connectivity index (χ2v) is 2.92. The topological polar surface area (TPSA) is 96.8 Å². The number of nitrogens with one attached hydrogen (secondary N) is 1. The van der Waals surface area contributed by atoms with Crippen molar-refractivity contribution in [2.75, 3.05) is 14.2 Å². The van der Waals surface area contributed by atoms with Gasteiger partial charge in [0.15, 0.2) is 0 Å². The van der Waals surface area contributed by atoms with Gasteiger partial charge < -0.3 is 20.9 Å². The molecule has 0 aromatic heterocycles. The van der Waals surface area contributed by atoms with Crippen molar-refractivity contribution in [1.82, 2.24) is 0 Å². The lowest BCUT2D eigenvalue weighted by molar-refractivity contribution is -0.456. The normalized spacial score (nSPS) is 10.1. The van der Waals surface area contributed by atoms with Gasteiger partial charge in [0, 0.05) is 5.10 Å². The van der Waals surface area contributed by atoms with E-state index in [0.717, 1.165) is 11.3 Å². The third-order valence-corrected chi connectivity index (χ3v) is 1.85. The average molecular weight is 223 g/mol. The van der Waals surface area contributed by atoms with E-state index >= 15 is 0 Å². The Morgan fingerprint density at radius 1 is 1.31 bits per heavy atom. The molecule has 0 aliphatic carbocycles. The SMILES string of the molecule is COc1ccc(OC)c(C=[NH+]N=C(N)N)c1. The van der Waals surface area contributed by atoms with Gasteiger partial charge in [0.25, 0.3) is 5.96 Å². The Hall–Kier alpha value is -2.24. The minimum atomic E-state index is -0.0434. The van der Waals surface area contributed by atoms with Gasteiger partial charge in [0.2, 0.25) is 6.21 Å². The van der Waals surface area contributed by atoms with Gasteiger partial charge in [-0.25, -0.2) is 0 Å². The Morgan fingerprint density at radius 3 is 2.62 bits per heavy atom. The molecule has 0 aliphatic rings. The second-order valence-electron chi connectivity index (χ2n) is 2.92. The fraction of sp³-hybridized carbons (Fsp3) is 0.200. The highest BCUT2D eigenvalue weighted by Gasteiger charge is 2.04. The summed E-state index contributed by atoms with van der Waals surface area (Å²) >= 11 is 0. The van der Waals surface area contributed by atoms with Crippen molar-refractivity contribution in [2.24, 2.45) is 16.6 Å². The number of hydrogen-bond donors (Lipinski definition) is 3. The van der Waals surface area contributed by atoms with E-state index in [4.69, 9.17) is 20.9 Å². The smallest absolute Gasteiger partial charge is 0.256 e. The number of nitrogens with zero attached hydrogens (tertiary/aromatic N) is 1.